The normalized spacial score (nSPS) is 12.6. The Bertz CT molecular complexity index is 436. The summed E-state index contributed by atoms with van der Waals surface area (Å²) in [6.45, 7) is 2.17. The lowest BCUT2D eigenvalue weighted by Gasteiger charge is -2.19. The van der Waals surface area contributed by atoms with Crippen LogP contribution in [0.5, 0.6) is 0 Å². The van der Waals surface area contributed by atoms with E-state index in [-0.39, 0.29) is 12.6 Å². The zero-order chi connectivity index (χ0) is 11.4. The molecule has 3 nitrogen and oxygen atoms in total. The predicted octanol–water partition coefficient (Wildman–Crippen LogP) is 2.37. The summed E-state index contributed by atoms with van der Waals surface area (Å²) in [6.07, 6.45) is 4.48. The molecule has 0 aliphatic carbocycles. The fraction of sp³-hybridized carbons (Fsp3) is 0.308. The molecule has 1 N–H and O–H groups in total. The molecule has 0 aliphatic heterocycles. The smallest absolute Gasteiger partial charge is 0.0954 e. The van der Waals surface area contributed by atoms with Crippen LogP contribution in [-0.4, -0.2) is 14.7 Å². The van der Waals surface area contributed by atoms with Crippen LogP contribution in [0.15, 0.2) is 42.9 Å². The van der Waals surface area contributed by atoms with Crippen molar-refractivity contribution in [3.05, 3.63) is 54.1 Å². The molecule has 0 aliphatic rings. The molecule has 1 aromatic heterocycles. The van der Waals surface area contributed by atoms with Gasteiger partial charge < -0.3 is 9.67 Å². The maximum atomic E-state index is 9.24. The third-order valence-electron chi connectivity index (χ3n) is 2.82. The zero-order valence-electron chi connectivity index (χ0n) is 9.37. The van der Waals surface area contributed by atoms with Crippen molar-refractivity contribution in [1.82, 2.24) is 9.55 Å². The molecule has 0 bridgehead atoms. The Balaban J connectivity index is 2.37. The largest absolute Gasteiger partial charge is 0.390 e. The van der Waals surface area contributed by atoms with Crippen molar-refractivity contribution in [2.45, 2.75) is 26.0 Å². The Labute approximate surface area is 95.4 Å². The second kappa shape index (κ2) is 4.94. The highest BCUT2D eigenvalue weighted by Gasteiger charge is 2.13. The molecule has 16 heavy (non-hydrogen) atoms. The van der Waals surface area contributed by atoms with Crippen molar-refractivity contribution >= 4 is 0 Å². The highest BCUT2D eigenvalue weighted by atomic mass is 16.3. The Hall–Kier alpha value is -1.61. The maximum absolute atomic E-state index is 9.24. The molecule has 1 atom stereocenters. The fourth-order valence-electron chi connectivity index (χ4n) is 2.00. The van der Waals surface area contributed by atoms with Gasteiger partial charge in [0.05, 0.1) is 30.9 Å². The number of aliphatic hydroxyl groups is 1. The lowest BCUT2D eigenvalue weighted by atomic mass is 10.0. The van der Waals surface area contributed by atoms with Crippen LogP contribution in [0.1, 0.15) is 30.6 Å². The van der Waals surface area contributed by atoms with E-state index in [0.29, 0.717) is 0 Å². The number of rotatable bonds is 4. The van der Waals surface area contributed by atoms with Gasteiger partial charge in [0.15, 0.2) is 0 Å². The van der Waals surface area contributed by atoms with Gasteiger partial charge in [0.1, 0.15) is 0 Å². The lowest BCUT2D eigenvalue weighted by molar-refractivity contribution is 0.268. The van der Waals surface area contributed by atoms with Gasteiger partial charge in [0.2, 0.25) is 0 Å². The SMILES string of the molecule is CCC(c1ccccc1)n1cncc1CO. The molecule has 0 radical (unpaired) electrons. The fourth-order valence-corrected chi connectivity index (χ4v) is 2.00. The summed E-state index contributed by atoms with van der Waals surface area (Å²) < 4.78 is 2.04. The number of aliphatic hydroxyl groups excluding tert-OH is 1. The van der Waals surface area contributed by atoms with Gasteiger partial charge in [-0.05, 0) is 12.0 Å². The van der Waals surface area contributed by atoms with Crippen molar-refractivity contribution < 1.29 is 5.11 Å². The molecule has 0 spiro atoms. The molecule has 2 rings (SSSR count). The number of imidazole rings is 1. The minimum Gasteiger partial charge on any atom is -0.390 e. The first-order chi connectivity index (χ1) is 7.86. The second-order valence-electron chi connectivity index (χ2n) is 3.79. The van der Waals surface area contributed by atoms with Crippen LogP contribution in [0.25, 0.3) is 0 Å². The predicted molar refractivity (Wildman–Crippen MR) is 63.0 cm³/mol. The summed E-state index contributed by atoms with van der Waals surface area (Å²) in [5.41, 5.74) is 2.11. The highest BCUT2D eigenvalue weighted by Crippen LogP contribution is 2.23. The summed E-state index contributed by atoms with van der Waals surface area (Å²) in [4.78, 5) is 4.09. The van der Waals surface area contributed by atoms with E-state index in [1.54, 1.807) is 12.5 Å². The van der Waals surface area contributed by atoms with Crippen LogP contribution >= 0.6 is 0 Å². The quantitative estimate of drug-likeness (QED) is 0.852. The molecular formula is C13H16N2O. The van der Waals surface area contributed by atoms with Crippen molar-refractivity contribution in [3.8, 4) is 0 Å². The van der Waals surface area contributed by atoms with E-state index < -0.39 is 0 Å². The van der Waals surface area contributed by atoms with Gasteiger partial charge in [0.25, 0.3) is 0 Å². The summed E-state index contributed by atoms with van der Waals surface area (Å²) in [5.74, 6) is 0. The second-order valence-corrected chi connectivity index (χ2v) is 3.79. The minimum absolute atomic E-state index is 0.0311. The van der Waals surface area contributed by atoms with Gasteiger partial charge in [-0.15, -0.1) is 0 Å². The number of benzene rings is 1. The molecule has 0 amide bonds. The molecule has 3 heteroatoms. The lowest BCUT2D eigenvalue weighted by Crippen LogP contribution is -2.11. The Morgan fingerprint density at radius 2 is 2.06 bits per heavy atom. The van der Waals surface area contributed by atoms with Crippen LogP contribution in [0.2, 0.25) is 0 Å². The number of hydrogen-bond donors (Lipinski definition) is 1. The van der Waals surface area contributed by atoms with E-state index in [2.05, 4.69) is 24.0 Å². The molecule has 1 unspecified atom stereocenters. The molecule has 0 saturated carbocycles. The van der Waals surface area contributed by atoms with Crippen LogP contribution in [0.4, 0.5) is 0 Å². The first-order valence-corrected chi connectivity index (χ1v) is 5.53. The molecule has 2 aromatic rings. The van der Waals surface area contributed by atoms with Crippen LogP contribution in [0, 0.1) is 0 Å². The van der Waals surface area contributed by atoms with Gasteiger partial charge in [-0.2, -0.15) is 0 Å². The first kappa shape index (κ1) is 10.9. The Morgan fingerprint density at radius 1 is 1.31 bits per heavy atom. The molecular weight excluding hydrogens is 200 g/mol. The average molecular weight is 216 g/mol. The van der Waals surface area contributed by atoms with Crippen LogP contribution in [0.3, 0.4) is 0 Å². The third-order valence-corrected chi connectivity index (χ3v) is 2.82. The van der Waals surface area contributed by atoms with E-state index in [1.165, 1.54) is 5.56 Å². The third kappa shape index (κ3) is 1.99. The average Bonchev–Trinajstić information content (AvgIpc) is 2.80. The van der Waals surface area contributed by atoms with E-state index in [0.717, 1.165) is 12.1 Å². The molecule has 0 fully saturated rings. The monoisotopic (exact) mass is 216 g/mol. The van der Waals surface area contributed by atoms with E-state index in [9.17, 15) is 5.11 Å². The molecule has 1 heterocycles. The van der Waals surface area contributed by atoms with Gasteiger partial charge in [-0.25, -0.2) is 4.98 Å². The first-order valence-electron chi connectivity index (χ1n) is 5.53. The molecule has 84 valence electrons. The van der Waals surface area contributed by atoms with Gasteiger partial charge >= 0.3 is 0 Å². The zero-order valence-corrected chi connectivity index (χ0v) is 9.37. The Kier molecular flexibility index (Phi) is 3.37. The van der Waals surface area contributed by atoms with Crippen LogP contribution < -0.4 is 0 Å². The van der Waals surface area contributed by atoms with Crippen LogP contribution in [-0.2, 0) is 6.61 Å². The van der Waals surface area contributed by atoms with Crippen molar-refractivity contribution in [1.29, 1.82) is 0 Å². The Morgan fingerprint density at radius 3 is 2.69 bits per heavy atom. The van der Waals surface area contributed by atoms with Gasteiger partial charge in [0, 0.05) is 0 Å². The summed E-state index contributed by atoms with van der Waals surface area (Å²) in [5, 5.41) is 9.24. The van der Waals surface area contributed by atoms with E-state index in [4.69, 9.17) is 0 Å². The van der Waals surface area contributed by atoms with E-state index in [1.807, 2.05) is 22.8 Å². The number of aromatic nitrogens is 2. The summed E-state index contributed by atoms with van der Waals surface area (Å²) >= 11 is 0. The summed E-state index contributed by atoms with van der Waals surface area (Å²) in [6, 6.07) is 10.5. The van der Waals surface area contributed by atoms with E-state index >= 15 is 0 Å². The van der Waals surface area contributed by atoms with Gasteiger partial charge in [-0.1, -0.05) is 37.3 Å². The van der Waals surface area contributed by atoms with Gasteiger partial charge in [-0.3, -0.25) is 0 Å². The minimum atomic E-state index is 0.0311. The number of hydrogen-bond acceptors (Lipinski definition) is 2. The van der Waals surface area contributed by atoms with Crippen molar-refractivity contribution in [3.63, 3.8) is 0 Å². The standard InChI is InChI=1S/C13H16N2O/c1-2-13(11-6-4-3-5-7-11)15-10-14-8-12(15)9-16/h3-8,10,13,16H,2,9H2,1H3. The number of nitrogens with zero attached hydrogens (tertiary/aromatic N) is 2. The van der Waals surface area contributed by atoms with Crippen molar-refractivity contribution in [2.24, 2.45) is 0 Å². The summed E-state index contributed by atoms with van der Waals surface area (Å²) in [7, 11) is 0. The molecule has 0 saturated heterocycles. The van der Waals surface area contributed by atoms with Crippen molar-refractivity contribution in [2.75, 3.05) is 0 Å². The topological polar surface area (TPSA) is 38.0 Å². The molecule has 1 aromatic carbocycles. The highest BCUT2D eigenvalue weighted by molar-refractivity contribution is 5.21. The maximum Gasteiger partial charge on any atom is 0.0954 e.